The lowest BCUT2D eigenvalue weighted by Crippen LogP contribution is -2.40. The van der Waals surface area contributed by atoms with Gasteiger partial charge in [-0.15, -0.1) is 0 Å². The fourth-order valence-electron chi connectivity index (χ4n) is 3.72. The number of amides is 1. The van der Waals surface area contributed by atoms with Crippen LogP contribution in [0.2, 0.25) is 0 Å². The van der Waals surface area contributed by atoms with Crippen molar-refractivity contribution in [3.8, 4) is 0 Å². The Kier molecular flexibility index (Phi) is 4.71. The maximum Gasteiger partial charge on any atom is 0.227 e. The molecule has 1 aliphatic heterocycles. The van der Waals surface area contributed by atoms with Gasteiger partial charge in [0, 0.05) is 12.5 Å². The van der Waals surface area contributed by atoms with Crippen molar-refractivity contribution < 1.29 is 17.6 Å². The van der Waals surface area contributed by atoms with Gasteiger partial charge in [-0.05, 0) is 37.3 Å². The largest absolute Gasteiger partial charge is 0.307 e. The Morgan fingerprint density at radius 1 is 1.17 bits per heavy atom. The Labute approximate surface area is 136 Å². The van der Waals surface area contributed by atoms with Crippen LogP contribution < -0.4 is 4.90 Å². The lowest BCUT2D eigenvalue weighted by Gasteiger charge is -2.30. The number of carbonyl (C=O) groups is 1. The summed E-state index contributed by atoms with van der Waals surface area (Å²) in [6.45, 7) is 0. The first-order chi connectivity index (χ1) is 11.0. The van der Waals surface area contributed by atoms with Crippen LogP contribution in [-0.2, 0) is 14.6 Å². The minimum Gasteiger partial charge on any atom is -0.307 e. The third-order valence-corrected chi connectivity index (χ3v) is 6.70. The molecule has 1 amide bonds. The number of para-hydroxylation sites is 1. The number of carbonyl (C=O) groups excluding carboxylic acids is 1. The first-order valence-corrected chi connectivity index (χ1v) is 10.1. The summed E-state index contributed by atoms with van der Waals surface area (Å²) < 4.78 is 37.4. The van der Waals surface area contributed by atoms with E-state index in [4.69, 9.17) is 0 Å². The van der Waals surface area contributed by atoms with Crippen molar-refractivity contribution in [2.45, 2.75) is 44.6 Å². The molecule has 2 fully saturated rings. The zero-order valence-electron chi connectivity index (χ0n) is 13.1. The minimum absolute atomic E-state index is 0.0254. The molecular formula is C17H22FNO3S. The van der Waals surface area contributed by atoms with Crippen LogP contribution in [0.25, 0.3) is 0 Å². The SMILES string of the molecule is O=C(C[C@H]1CCS(=O)(=O)C1)N(c1ccccc1F)C1CCCC1. The van der Waals surface area contributed by atoms with E-state index < -0.39 is 15.7 Å². The van der Waals surface area contributed by atoms with Crippen molar-refractivity contribution in [1.82, 2.24) is 0 Å². The molecule has 126 valence electrons. The van der Waals surface area contributed by atoms with E-state index >= 15 is 0 Å². The molecule has 0 N–H and O–H groups in total. The molecule has 3 rings (SSSR count). The topological polar surface area (TPSA) is 54.5 Å². The second-order valence-corrected chi connectivity index (χ2v) is 8.86. The normalized spacial score (nSPS) is 24.0. The smallest absolute Gasteiger partial charge is 0.227 e. The zero-order chi connectivity index (χ0) is 16.4. The van der Waals surface area contributed by atoms with E-state index in [-0.39, 0.29) is 35.8 Å². The van der Waals surface area contributed by atoms with Crippen molar-refractivity contribution in [2.75, 3.05) is 16.4 Å². The standard InChI is InChI=1S/C17H22FNO3S/c18-15-7-3-4-8-16(15)19(14-5-1-2-6-14)17(20)11-13-9-10-23(21,22)12-13/h3-4,7-8,13-14H,1-2,5-6,9-12H2/t13-/m1/s1. The van der Waals surface area contributed by atoms with Crippen molar-refractivity contribution in [1.29, 1.82) is 0 Å². The van der Waals surface area contributed by atoms with Gasteiger partial charge in [-0.3, -0.25) is 4.79 Å². The van der Waals surface area contributed by atoms with Gasteiger partial charge in [-0.25, -0.2) is 12.8 Å². The predicted octanol–water partition coefficient (Wildman–Crippen LogP) is 2.93. The van der Waals surface area contributed by atoms with E-state index in [1.165, 1.54) is 6.07 Å². The number of sulfone groups is 1. The van der Waals surface area contributed by atoms with Gasteiger partial charge in [0.1, 0.15) is 5.82 Å². The summed E-state index contributed by atoms with van der Waals surface area (Å²) in [6, 6.07) is 6.37. The lowest BCUT2D eigenvalue weighted by atomic mass is 10.0. The molecule has 2 aliphatic rings. The molecule has 1 saturated heterocycles. The van der Waals surface area contributed by atoms with Gasteiger partial charge in [0.05, 0.1) is 17.2 Å². The maximum atomic E-state index is 14.2. The van der Waals surface area contributed by atoms with Crippen LogP contribution in [0.15, 0.2) is 24.3 Å². The highest BCUT2D eigenvalue weighted by atomic mass is 32.2. The van der Waals surface area contributed by atoms with Crippen LogP contribution in [-0.4, -0.2) is 31.9 Å². The summed E-state index contributed by atoms with van der Waals surface area (Å²) in [7, 11) is -3.00. The third-order valence-electron chi connectivity index (χ3n) is 4.86. The van der Waals surface area contributed by atoms with Gasteiger partial charge in [-0.1, -0.05) is 25.0 Å². The molecule has 0 radical (unpaired) electrons. The lowest BCUT2D eigenvalue weighted by molar-refractivity contribution is -0.119. The number of hydrogen-bond acceptors (Lipinski definition) is 3. The molecule has 0 bridgehead atoms. The molecule has 4 nitrogen and oxygen atoms in total. The zero-order valence-corrected chi connectivity index (χ0v) is 13.9. The third kappa shape index (κ3) is 3.74. The maximum absolute atomic E-state index is 14.2. The van der Waals surface area contributed by atoms with Gasteiger partial charge >= 0.3 is 0 Å². The molecule has 1 atom stereocenters. The van der Waals surface area contributed by atoms with Crippen molar-refractivity contribution >= 4 is 21.4 Å². The van der Waals surface area contributed by atoms with E-state index in [0.29, 0.717) is 12.1 Å². The summed E-state index contributed by atoms with van der Waals surface area (Å²) in [4.78, 5) is 14.4. The molecule has 0 aromatic heterocycles. The van der Waals surface area contributed by atoms with Gasteiger partial charge in [-0.2, -0.15) is 0 Å². The number of nitrogens with zero attached hydrogens (tertiary/aromatic N) is 1. The van der Waals surface area contributed by atoms with Crippen LogP contribution in [0.4, 0.5) is 10.1 Å². The summed E-state index contributed by atoms with van der Waals surface area (Å²) in [5.74, 6) is -0.443. The van der Waals surface area contributed by atoms with Crippen LogP contribution in [0.5, 0.6) is 0 Å². The van der Waals surface area contributed by atoms with Crippen LogP contribution >= 0.6 is 0 Å². The Hall–Kier alpha value is -1.43. The Balaban J connectivity index is 1.81. The highest BCUT2D eigenvalue weighted by Crippen LogP contribution is 2.32. The highest BCUT2D eigenvalue weighted by Gasteiger charge is 2.34. The highest BCUT2D eigenvalue weighted by molar-refractivity contribution is 7.91. The van der Waals surface area contributed by atoms with E-state index in [9.17, 15) is 17.6 Å². The molecule has 1 saturated carbocycles. The number of halogens is 1. The number of anilines is 1. The molecule has 6 heteroatoms. The van der Waals surface area contributed by atoms with Gasteiger partial charge in [0.15, 0.2) is 9.84 Å². The molecule has 0 spiro atoms. The number of hydrogen-bond donors (Lipinski definition) is 0. The van der Waals surface area contributed by atoms with Gasteiger partial charge in [0.25, 0.3) is 0 Å². The molecule has 23 heavy (non-hydrogen) atoms. The summed E-state index contributed by atoms with van der Waals surface area (Å²) in [5.41, 5.74) is 0.324. The average Bonchev–Trinajstić information content (AvgIpc) is 3.11. The van der Waals surface area contributed by atoms with E-state index in [0.717, 1.165) is 25.7 Å². The second-order valence-electron chi connectivity index (χ2n) is 6.63. The summed E-state index contributed by atoms with van der Waals surface area (Å²) in [5, 5.41) is 0. The summed E-state index contributed by atoms with van der Waals surface area (Å²) in [6.07, 6.45) is 4.56. The fraction of sp³-hybridized carbons (Fsp3) is 0.588. The molecule has 0 unspecified atom stereocenters. The first kappa shape index (κ1) is 16.4. The second kappa shape index (κ2) is 6.59. The van der Waals surface area contributed by atoms with Crippen molar-refractivity contribution in [2.24, 2.45) is 5.92 Å². The molecule has 1 heterocycles. The van der Waals surface area contributed by atoms with Crippen LogP contribution in [0, 0.1) is 11.7 Å². The monoisotopic (exact) mass is 339 g/mol. The average molecular weight is 339 g/mol. The Bertz CT molecular complexity index is 683. The minimum atomic E-state index is -3.00. The quantitative estimate of drug-likeness (QED) is 0.847. The fourth-order valence-corrected chi connectivity index (χ4v) is 5.58. The first-order valence-electron chi connectivity index (χ1n) is 8.23. The molecular weight excluding hydrogens is 317 g/mol. The van der Waals surface area contributed by atoms with Gasteiger partial charge < -0.3 is 4.90 Å². The van der Waals surface area contributed by atoms with Crippen molar-refractivity contribution in [3.05, 3.63) is 30.1 Å². The summed E-state index contributed by atoms with van der Waals surface area (Å²) >= 11 is 0. The predicted molar refractivity (Wildman–Crippen MR) is 87.5 cm³/mol. The number of benzene rings is 1. The number of rotatable bonds is 4. The van der Waals surface area contributed by atoms with E-state index in [2.05, 4.69) is 0 Å². The Morgan fingerprint density at radius 2 is 1.87 bits per heavy atom. The van der Waals surface area contributed by atoms with E-state index in [1.54, 1.807) is 23.1 Å². The van der Waals surface area contributed by atoms with E-state index in [1.807, 2.05) is 0 Å². The molecule has 1 aromatic carbocycles. The molecule has 1 aliphatic carbocycles. The van der Waals surface area contributed by atoms with Crippen LogP contribution in [0.1, 0.15) is 38.5 Å². The Morgan fingerprint density at radius 3 is 2.48 bits per heavy atom. The molecule has 1 aromatic rings. The van der Waals surface area contributed by atoms with Gasteiger partial charge in [0.2, 0.25) is 5.91 Å². The van der Waals surface area contributed by atoms with Crippen LogP contribution in [0.3, 0.4) is 0 Å². The van der Waals surface area contributed by atoms with Crippen molar-refractivity contribution in [3.63, 3.8) is 0 Å².